The van der Waals surface area contributed by atoms with E-state index in [2.05, 4.69) is 46.4 Å². The van der Waals surface area contributed by atoms with Crippen LogP contribution in [0.15, 0.2) is 108 Å². The molecule has 4 nitrogen and oxygen atoms in total. The number of aromatic nitrogens is 3. The Bertz CT molecular complexity index is 1510. The van der Waals surface area contributed by atoms with E-state index in [1.165, 1.54) is 0 Å². The highest BCUT2D eigenvalue weighted by Gasteiger charge is 2.18. The lowest BCUT2D eigenvalue weighted by molar-refractivity contribution is 0.668. The fourth-order valence-electron chi connectivity index (χ4n) is 3.91. The van der Waals surface area contributed by atoms with Gasteiger partial charge in [-0.05, 0) is 53.6 Å². The fraction of sp³-hybridized carbons (Fsp3) is 0. The van der Waals surface area contributed by atoms with Gasteiger partial charge in [-0.15, -0.1) is 0 Å². The summed E-state index contributed by atoms with van der Waals surface area (Å²) in [5.41, 5.74) is 6.93. The van der Waals surface area contributed by atoms with Crippen molar-refractivity contribution in [1.82, 2.24) is 15.0 Å². The molecule has 0 saturated heterocycles. The van der Waals surface area contributed by atoms with Gasteiger partial charge < -0.3 is 4.42 Å². The Balaban J connectivity index is 1.64. The largest absolute Gasteiger partial charge is 0.454 e. The second kappa shape index (κ2) is 7.18. The Morgan fingerprint density at radius 3 is 2.03 bits per heavy atom. The van der Waals surface area contributed by atoms with Gasteiger partial charge in [0.1, 0.15) is 11.3 Å². The van der Waals surface area contributed by atoms with E-state index in [0.29, 0.717) is 0 Å². The smallest absolute Gasteiger partial charge is 0.163 e. The molecule has 0 saturated carbocycles. The highest BCUT2D eigenvalue weighted by molar-refractivity contribution is 6.10. The van der Waals surface area contributed by atoms with Crippen molar-refractivity contribution in [2.45, 2.75) is 0 Å². The maximum absolute atomic E-state index is 6.37. The van der Waals surface area contributed by atoms with Gasteiger partial charge in [-0.3, -0.25) is 9.97 Å². The molecule has 0 bridgehead atoms. The van der Waals surface area contributed by atoms with Crippen molar-refractivity contribution in [3.05, 3.63) is 103 Å². The summed E-state index contributed by atoms with van der Waals surface area (Å²) < 4.78 is 6.37. The number of benzene rings is 2. The predicted molar refractivity (Wildman–Crippen MR) is 123 cm³/mol. The first-order valence-electron chi connectivity index (χ1n) is 10.1. The van der Waals surface area contributed by atoms with Gasteiger partial charge in [0.25, 0.3) is 0 Å². The summed E-state index contributed by atoms with van der Waals surface area (Å²) in [5, 5.41) is 2.05. The van der Waals surface area contributed by atoms with Crippen molar-refractivity contribution in [2.75, 3.05) is 0 Å². The van der Waals surface area contributed by atoms with Gasteiger partial charge in [-0.1, -0.05) is 48.5 Å². The molecule has 4 heterocycles. The van der Waals surface area contributed by atoms with Crippen LogP contribution in [0.2, 0.25) is 0 Å². The fourth-order valence-corrected chi connectivity index (χ4v) is 3.91. The Morgan fingerprint density at radius 1 is 0.548 bits per heavy atom. The van der Waals surface area contributed by atoms with Crippen molar-refractivity contribution >= 4 is 21.9 Å². The van der Waals surface area contributed by atoms with Crippen LogP contribution in [0.3, 0.4) is 0 Å². The minimum absolute atomic E-state index is 0.719. The van der Waals surface area contributed by atoms with E-state index >= 15 is 0 Å². The molecule has 0 unspecified atom stereocenters. The molecule has 146 valence electrons. The van der Waals surface area contributed by atoms with Crippen LogP contribution in [0.25, 0.3) is 55.8 Å². The highest BCUT2D eigenvalue weighted by atomic mass is 16.3. The van der Waals surface area contributed by atoms with E-state index in [4.69, 9.17) is 9.40 Å². The zero-order valence-electron chi connectivity index (χ0n) is 16.6. The Kier molecular flexibility index (Phi) is 4.06. The van der Waals surface area contributed by atoms with E-state index in [-0.39, 0.29) is 0 Å². The molecule has 0 radical (unpaired) electrons. The van der Waals surface area contributed by atoms with Crippen molar-refractivity contribution < 1.29 is 4.42 Å². The molecular weight excluding hydrogens is 382 g/mol. The molecule has 4 heteroatoms. The molecule has 0 atom stereocenters. The predicted octanol–water partition coefficient (Wildman–Crippen LogP) is 6.77. The van der Waals surface area contributed by atoms with Gasteiger partial charge in [0.15, 0.2) is 5.58 Å². The second-order valence-corrected chi connectivity index (χ2v) is 7.34. The van der Waals surface area contributed by atoms with E-state index in [9.17, 15) is 0 Å². The summed E-state index contributed by atoms with van der Waals surface area (Å²) >= 11 is 0. The molecule has 0 spiro atoms. The van der Waals surface area contributed by atoms with Gasteiger partial charge >= 0.3 is 0 Å². The summed E-state index contributed by atoms with van der Waals surface area (Å²) in [4.78, 5) is 13.9. The molecule has 0 aliphatic carbocycles. The summed E-state index contributed by atoms with van der Waals surface area (Å²) in [5.74, 6) is 0. The summed E-state index contributed by atoms with van der Waals surface area (Å²) in [6.45, 7) is 0. The molecule has 0 fully saturated rings. The molecule has 31 heavy (non-hydrogen) atoms. The maximum Gasteiger partial charge on any atom is 0.163 e. The molecule has 0 N–H and O–H groups in total. The third-order valence-corrected chi connectivity index (χ3v) is 5.40. The molecule has 0 aliphatic heterocycles. The summed E-state index contributed by atoms with van der Waals surface area (Å²) in [6.07, 6.45) is 3.55. The van der Waals surface area contributed by atoms with Crippen LogP contribution in [-0.4, -0.2) is 15.0 Å². The molecule has 6 aromatic rings. The first kappa shape index (κ1) is 17.5. The van der Waals surface area contributed by atoms with Crippen LogP contribution >= 0.6 is 0 Å². The number of furan rings is 1. The number of rotatable bonds is 3. The number of hydrogen-bond acceptors (Lipinski definition) is 4. The third-order valence-electron chi connectivity index (χ3n) is 5.40. The quantitative estimate of drug-likeness (QED) is 0.329. The number of nitrogens with zero attached hydrogens (tertiary/aromatic N) is 3. The Morgan fingerprint density at radius 2 is 1.29 bits per heavy atom. The molecule has 0 amide bonds. The molecular formula is C27H17N3O. The summed E-state index contributed by atoms with van der Waals surface area (Å²) in [7, 11) is 0. The molecule has 6 rings (SSSR count). The minimum Gasteiger partial charge on any atom is -0.454 e. The van der Waals surface area contributed by atoms with Crippen LogP contribution in [-0.2, 0) is 0 Å². The average Bonchev–Trinajstić information content (AvgIpc) is 3.23. The van der Waals surface area contributed by atoms with Crippen LogP contribution in [0.1, 0.15) is 0 Å². The van der Waals surface area contributed by atoms with E-state index in [0.717, 1.165) is 55.8 Å². The third kappa shape index (κ3) is 3.06. The van der Waals surface area contributed by atoms with Crippen LogP contribution in [0, 0.1) is 0 Å². The topological polar surface area (TPSA) is 51.8 Å². The first-order valence-corrected chi connectivity index (χ1v) is 10.1. The van der Waals surface area contributed by atoms with E-state index < -0.39 is 0 Å². The van der Waals surface area contributed by atoms with Crippen LogP contribution in [0.4, 0.5) is 0 Å². The standard InChI is InChI=1S/C27H17N3O/c1-2-8-18(9-3-1)19-12-13-20-21-17-24(22-10-4-6-14-28-22)30-26(23-11-5-7-15-29-23)27(21)31-25(20)16-19/h1-17H. The average molecular weight is 399 g/mol. The Labute approximate surface area is 178 Å². The van der Waals surface area contributed by atoms with Gasteiger partial charge in [0.2, 0.25) is 0 Å². The van der Waals surface area contributed by atoms with Gasteiger partial charge in [0, 0.05) is 23.2 Å². The van der Waals surface area contributed by atoms with Crippen molar-refractivity contribution in [1.29, 1.82) is 0 Å². The lowest BCUT2D eigenvalue weighted by atomic mass is 10.0. The number of pyridine rings is 3. The SMILES string of the molecule is c1ccc(-c2ccc3c(c2)oc2c(-c4ccccn4)nc(-c4ccccn4)cc23)cc1. The van der Waals surface area contributed by atoms with E-state index in [1.807, 2.05) is 54.6 Å². The minimum atomic E-state index is 0.719. The lowest BCUT2D eigenvalue weighted by Gasteiger charge is -2.05. The van der Waals surface area contributed by atoms with Gasteiger partial charge in [-0.2, -0.15) is 0 Å². The van der Waals surface area contributed by atoms with Crippen molar-refractivity contribution in [3.8, 4) is 33.9 Å². The van der Waals surface area contributed by atoms with Crippen LogP contribution < -0.4 is 0 Å². The number of hydrogen-bond donors (Lipinski definition) is 0. The maximum atomic E-state index is 6.37. The molecule has 4 aromatic heterocycles. The molecule has 2 aromatic carbocycles. The monoisotopic (exact) mass is 399 g/mol. The first-order chi connectivity index (χ1) is 15.4. The number of fused-ring (bicyclic) bond motifs is 3. The van der Waals surface area contributed by atoms with E-state index in [1.54, 1.807) is 12.4 Å². The zero-order valence-corrected chi connectivity index (χ0v) is 16.6. The second-order valence-electron chi connectivity index (χ2n) is 7.34. The van der Waals surface area contributed by atoms with Crippen molar-refractivity contribution in [3.63, 3.8) is 0 Å². The summed E-state index contributed by atoms with van der Waals surface area (Å²) in [6, 6.07) is 30.3. The highest BCUT2D eigenvalue weighted by Crippen LogP contribution is 2.38. The van der Waals surface area contributed by atoms with Gasteiger partial charge in [-0.25, -0.2) is 4.98 Å². The van der Waals surface area contributed by atoms with Crippen LogP contribution in [0.5, 0.6) is 0 Å². The Hall–Kier alpha value is -4.31. The zero-order chi connectivity index (χ0) is 20.6. The normalized spacial score (nSPS) is 11.2. The lowest BCUT2D eigenvalue weighted by Crippen LogP contribution is -1.92. The molecule has 0 aliphatic rings. The van der Waals surface area contributed by atoms with Gasteiger partial charge in [0.05, 0.1) is 17.1 Å². The van der Waals surface area contributed by atoms with Crippen molar-refractivity contribution in [2.24, 2.45) is 0 Å².